The summed E-state index contributed by atoms with van der Waals surface area (Å²) in [5, 5.41) is 0. The molecule has 1 aliphatic carbocycles. The van der Waals surface area contributed by atoms with E-state index in [2.05, 4.69) is 37.2 Å². The fourth-order valence-corrected chi connectivity index (χ4v) is 2.97. The van der Waals surface area contributed by atoms with Crippen molar-refractivity contribution in [3.63, 3.8) is 0 Å². The van der Waals surface area contributed by atoms with Gasteiger partial charge in [-0.05, 0) is 32.5 Å². The summed E-state index contributed by atoms with van der Waals surface area (Å²) in [6.07, 6.45) is 3.40. The van der Waals surface area contributed by atoms with Crippen molar-refractivity contribution in [1.29, 1.82) is 0 Å². The number of hydrogen-bond acceptors (Lipinski definition) is 2. The third kappa shape index (κ3) is 1.64. The van der Waals surface area contributed by atoms with Crippen molar-refractivity contribution >= 4 is 12.2 Å². The van der Waals surface area contributed by atoms with Gasteiger partial charge in [-0.1, -0.05) is 13.8 Å². The van der Waals surface area contributed by atoms with Gasteiger partial charge in [0.05, 0.1) is 6.10 Å². The first-order chi connectivity index (χ1) is 7.48. The maximum atomic E-state index is 5.74. The third-order valence-electron chi connectivity index (χ3n) is 3.81. The Kier molecular flexibility index (Phi) is 2.97. The summed E-state index contributed by atoms with van der Waals surface area (Å²) in [5.41, 5.74) is 1.37. The number of aryl methyl sites for hydroxylation is 1. The zero-order valence-corrected chi connectivity index (χ0v) is 11.2. The second-order valence-electron chi connectivity index (χ2n) is 5.12. The highest BCUT2D eigenvalue weighted by Gasteiger charge is 2.50. The van der Waals surface area contributed by atoms with Gasteiger partial charge in [0.25, 0.3) is 0 Å². The predicted octanol–water partition coefficient (Wildman–Crippen LogP) is 3.23. The highest BCUT2D eigenvalue weighted by Crippen LogP contribution is 2.51. The molecule has 1 fully saturated rings. The topological polar surface area (TPSA) is 29.9 Å². The van der Waals surface area contributed by atoms with Gasteiger partial charge in [0.1, 0.15) is 0 Å². The molecule has 0 bridgehead atoms. The van der Waals surface area contributed by atoms with Crippen LogP contribution in [-0.2, 0) is 4.74 Å². The van der Waals surface area contributed by atoms with Gasteiger partial charge >= 0.3 is 0 Å². The van der Waals surface area contributed by atoms with Crippen molar-refractivity contribution in [2.75, 3.05) is 6.61 Å². The Morgan fingerprint density at radius 2 is 2.31 bits per heavy atom. The molecular formula is C12H20N2OS. The molecule has 1 N–H and O–H groups in total. The van der Waals surface area contributed by atoms with Crippen LogP contribution in [0.5, 0.6) is 0 Å². The standard InChI is InChI=1S/C12H20N2OS/c1-5-15-10-6-9(12(10,3)4)14-8(2)7-13-11(14)16/h7,9-10H,5-6H2,1-4H3,(H,13,16). The molecule has 1 saturated carbocycles. The van der Waals surface area contributed by atoms with E-state index in [1.807, 2.05) is 6.20 Å². The van der Waals surface area contributed by atoms with Crippen molar-refractivity contribution in [3.8, 4) is 0 Å². The van der Waals surface area contributed by atoms with E-state index in [-0.39, 0.29) is 5.41 Å². The van der Waals surface area contributed by atoms with Crippen LogP contribution in [-0.4, -0.2) is 22.3 Å². The first-order valence-electron chi connectivity index (χ1n) is 5.86. The van der Waals surface area contributed by atoms with Crippen molar-refractivity contribution in [2.24, 2.45) is 5.41 Å². The highest BCUT2D eigenvalue weighted by molar-refractivity contribution is 7.71. The smallest absolute Gasteiger partial charge is 0.177 e. The number of nitrogens with zero attached hydrogens (tertiary/aromatic N) is 1. The summed E-state index contributed by atoms with van der Waals surface area (Å²) in [6, 6.07) is 0.461. The van der Waals surface area contributed by atoms with Crippen LogP contribution in [0.15, 0.2) is 6.20 Å². The van der Waals surface area contributed by atoms with Gasteiger partial charge in [0.15, 0.2) is 4.77 Å². The van der Waals surface area contributed by atoms with E-state index in [4.69, 9.17) is 17.0 Å². The number of H-pyrrole nitrogens is 1. The quantitative estimate of drug-likeness (QED) is 0.822. The zero-order valence-electron chi connectivity index (χ0n) is 10.4. The Bertz CT molecular complexity index is 432. The van der Waals surface area contributed by atoms with Crippen LogP contribution in [0.25, 0.3) is 0 Å². The average molecular weight is 240 g/mol. The van der Waals surface area contributed by atoms with Crippen LogP contribution >= 0.6 is 12.2 Å². The fraction of sp³-hybridized carbons (Fsp3) is 0.750. The van der Waals surface area contributed by atoms with Crippen LogP contribution in [0.3, 0.4) is 0 Å². The molecule has 1 aliphatic rings. The average Bonchev–Trinajstić information content (AvgIpc) is 2.54. The Morgan fingerprint density at radius 1 is 1.62 bits per heavy atom. The monoisotopic (exact) mass is 240 g/mol. The molecule has 2 atom stereocenters. The summed E-state index contributed by atoms with van der Waals surface area (Å²) in [5.74, 6) is 0. The first-order valence-corrected chi connectivity index (χ1v) is 6.27. The Hall–Kier alpha value is -0.610. The summed E-state index contributed by atoms with van der Waals surface area (Å²) < 4.78 is 8.80. The second kappa shape index (κ2) is 4.00. The molecule has 4 heteroatoms. The molecule has 0 spiro atoms. The lowest BCUT2D eigenvalue weighted by Crippen LogP contribution is -2.51. The lowest BCUT2D eigenvalue weighted by molar-refractivity contribution is -0.128. The van der Waals surface area contributed by atoms with E-state index in [0.29, 0.717) is 12.1 Å². The summed E-state index contributed by atoms with van der Waals surface area (Å²) in [4.78, 5) is 3.11. The molecule has 3 nitrogen and oxygen atoms in total. The SMILES string of the molecule is CCOC1CC(n2c(C)c[nH]c2=S)C1(C)C. The van der Waals surface area contributed by atoms with Crippen LogP contribution in [0, 0.1) is 17.1 Å². The molecular weight excluding hydrogens is 220 g/mol. The first kappa shape index (κ1) is 11.9. The normalized spacial score (nSPS) is 27.8. The predicted molar refractivity (Wildman–Crippen MR) is 67.2 cm³/mol. The number of aromatic amines is 1. The lowest BCUT2D eigenvalue weighted by atomic mass is 9.64. The molecule has 0 aromatic carbocycles. The number of aromatic nitrogens is 2. The van der Waals surface area contributed by atoms with Gasteiger partial charge in [0.2, 0.25) is 0 Å². The van der Waals surface area contributed by atoms with Crippen LogP contribution < -0.4 is 0 Å². The molecule has 0 saturated heterocycles. The number of rotatable bonds is 3. The Balaban J connectivity index is 2.24. The Morgan fingerprint density at radius 3 is 2.75 bits per heavy atom. The van der Waals surface area contributed by atoms with Crippen LogP contribution in [0.1, 0.15) is 38.9 Å². The molecule has 1 heterocycles. The molecule has 0 amide bonds. The van der Waals surface area contributed by atoms with Crippen molar-refractivity contribution < 1.29 is 4.74 Å². The van der Waals surface area contributed by atoms with Gasteiger partial charge in [-0.25, -0.2) is 0 Å². The molecule has 90 valence electrons. The Labute approximate surface area is 102 Å². The van der Waals surface area contributed by atoms with Gasteiger partial charge in [-0.2, -0.15) is 0 Å². The summed E-state index contributed by atoms with van der Waals surface area (Å²) in [6.45, 7) is 9.46. The molecule has 1 aromatic heterocycles. The van der Waals surface area contributed by atoms with Gasteiger partial charge in [-0.3, -0.25) is 0 Å². The lowest BCUT2D eigenvalue weighted by Gasteiger charge is -2.52. The third-order valence-corrected chi connectivity index (χ3v) is 4.12. The molecule has 2 rings (SSSR count). The van der Waals surface area contributed by atoms with E-state index < -0.39 is 0 Å². The van der Waals surface area contributed by atoms with Gasteiger partial charge < -0.3 is 14.3 Å². The number of nitrogens with one attached hydrogen (secondary N) is 1. The summed E-state index contributed by atoms with van der Waals surface area (Å²) in [7, 11) is 0. The van der Waals surface area contributed by atoms with Gasteiger partial charge in [-0.15, -0.1) is 0 Å². The van der Waals surface area contributed by atoms with Crippen molar-refractivity contribution in [2.45, 2.75) is 46.3 Å². The molecule has 16 heavy (non-hydrogen) atoms. The van der Waals surface area contributed by atoms with E-state index in [1.165, 1.54) is 5.69 Å². The molecule has 0 aliphatic heterocycles. The largest absolute Gasteiger partial charge is 0.378 e. The van der Waals surface area contributed by atoms with Crippen molar-refractivity contribution in [1.82, 2.24) is 9.55 Å². The van der Waals surface area contributed by atoms with E-state index >= 15 is 0 Å². The minimum atomic E-state index is 0.168. The van der Waals surface area contributed by atoms with Crippen LogP contribution in [0.2, 0.25) is 0 Å². The van der Waals surface area contributed by atoms with Gasteiger partial charge in [0, 0.05) is 30.0 Å². The number of hydrogen-bond donors (Lipinski definition) is 1. The maximum Gasteiger partial charge on any atom is 0.177 e. The van der Waals surface area contributed by atoms with E-state index in [9.17, 15) is 0 Å². The minimum absolute atomic E-state index is 0.168. The summed E-state index contributed by atoms with van der Waals surface area (Å²) >= 11 is 5.32. The van der Waals surface area contributed by atoms with E-state index in [0.717, 1.165) is 17.8 Å². The second-order valence-corrected chi connectivity index (χ2v) is 5.51. The highest BCUT2D eigenvalue weighted by atomic mass is 32.1. The molecule has 1 aromatic rings. The maximum absolute atomic E-state index is 5.74. The minimum Gasteiger partial charge on any atom is -0.378 e. The van der Waals surface area contributed by atoms with Crippen molar-refractivity contribution in [3.05, 3.63) is 16.7 Å². The van der Waals surface area contributed by atoms with Crippen LogP contribution in [0.4, 0.5) is 0 Å². The number of ether oxygens (including phenoxy) is 1. The zero-order chi connectivity index (χ0) is 11.9. The molecule has 0 radical (unpaired) electrons. The van der Waals surface area contributed by atoms with E-state index in [1.54, 1.807) is 0 Å². The number of imidazole rings is 1. The fourth-order valence-electron chi connectivity index (χ4n) is 2.64. The molecule has 2 unspecified atom stereocenters.